The second-order valence-electron chi connectivity index (χ2n) is 3.40. The van der Waals surface area contributed by atoms with Crippen molar-refractivity contribution in [1.29, 1.82) is 0 Å². The Balaban J connectivity index is 2.91. The zero-order valence-electron chi connectivity index (χ0n) is 10.2. The van der Waals surface area contributed by atoms with Crippen molar-refractivity contribution in [3.63, 3.8) is 0 Å². The number of nitrogen functional groups attached to an aromatic ring is 1. The predicted octanol–water partition coefficient (Wildman–Crippen LogP) is 0.567. The second kappa shape index (κ2) is 7.18. The summed E-state index contributed by atoms with van der Waals surface area (Å²) in [7, 11) is 0. The zero-order chi connectivity index (χ0) is 12.7. The molecular formula is C11H20N4O2. The van der Waals surface area contributed by atoms with Crippen molar-refractivity contribution in [2.75, 3.05) is 18.9 Å². The van der Waals surface area contributed by atoms with Crippen molar-refractivity contribution in [3.8, 4) is 0 Å². The third kappa shape index (κ3) is 3.64. The molecule has 1 rings (SSSR count). The molecule has 1 heterocycles. The Morgan fingerprint density at radius 1 is 1.35 bits per heavy atom. The highest BCUT2D eigenvalue weighted by Gasteiger charge is 2.25. The molecule has 1 aromatic heterocycles. The van der Waals surface area contributed by atoms with Gasteiger partial charge in [0.05, 0.1) is 0 Å². The van der Waals surface area contributed by atoms with Gasteiger partial charge in [0.1, 0.15) is 11.9 Å². The standard InChI is InChI=1S/C11H20N4O2/c1-3-16-11(17-4-2)9(15-13)8-6-5-7-14-10(8)12/h5-7,9,11,15H,3-4,13H2,1-2H3,(H2,12,14). The van der Waals surface area contributed by atoms with Gasteiger partial charge in [0.25, 0.3) is 0 Å². The summed E-state index contributed by atoms with van der Waals surface area (Å²) in [5.41, 5.74) is 9.23. The number of ether oxygens (including phenoxy) is 2. The van der Waals surface area contributed by atoms with Gasteiger partial charge >= 0.3 is 0 Å². The van der Waals surface area contributed by atoms with E-state index >= 15 is 0 Å². The number of nitrogens with two attached hydrogens (primary N) is 2. The molecule has 1 aromatic rings. The zero-order valence-corrected chi connectivity index (χ0v) is 10.2. The summed E-state index contributed by atoms with van der Waals surface area (Å²) in [4.78, 5) is 4.02. The van der Waals surface area contributed by atoms with Crippen molar-refractivity contribution < 1.29 is 9.47 Å². The van der Waals surface area contributed by atoms with Crippen LogP contribution in [0.15, 0.2) is 18.3 Å². The summed E-state index contributed by atoms with van der Waals surface area (Å²) in [5, 5.41) is 0. The molecule has 1 unspecified atom stereocenters. The monoisotopic (exact) mass is 240 g/mol. The van der Waals surface area contributed by atoms with Gasteiger partial charge < -0.3 is 15.2 Å². The second-order valence-corrected chi connectivity index (χ2v) is 3.40. The molecule has 1 atom stereocenters. The van der Waals surface area contributed by atoms with Crippen LogP contribution in [0, 0.1) is 0 Å². The van der Waals surface area contributed by atoms with Crippen LogP contribution in [-0.2, 0) is 9.47 Å². The molecule has 0 fully saturated rings. The Bertz CT molecular complexity index is 329. The number of hydrogen-bond donors (Lipinski definition) is 3. The van der Waals surface area contributed by atoms with Gasteiger partial charge in [0.15, 0.2) is 6.29 Å². The molecule has 6 nitrogen and oxygen atoms in total. The van der Waals surface area contributed by atoms with Crippen LogP contribution in [0.2, 0.25) is 0 Å². The first-order valence-corrected chi connectivity index (χ1v) is 5.64. The molecule has 0 amide bonds. The van der Waals surface area contributed by atoms with Crippen LogP contribution in [0.1, 0.15) is 25.5 Å². The van der Waals surface area contributed by atoms with Crippen LogP contribution in [0.5, 0.6) is 0 Å². The fourth-order valence-corrected chi connectivity index (χ4v) is 1.58. The molecular weight excluding hydrogens is 220 g/mol. The van der Waals surface area contributed by atoms with Crippen LogP contribution in [-0.4, -0.2) is 24.5 Å². The van der Waals surface area contributed by atoms with Crippen molar-refractivity contribution in [1.82, 2.24) is 10.4 Å². The van der Waals surface area contributed by atoms with Gasteiger partial charge in [-0.15, -0.1) is 0 Å². The van der Waals surface area contributed by atoms with E-state index in [1.54, 1.807) is 12.3 Å². The average molecular weight is 240 g/mol. The fourth-order valence-electron chi connectivity index (χ4n) is 1.58. The van der Waals surface area contributed by atoms with Crippen LogP contribution >= 0.6 is 0 Å². The molecule has 0 spiro atoms. The van der Waals surface area contributed by atoms with Crippen LogP contribution in [0.4, 0.5) is 5.82 Å². The lowest BCUT2D eigenvalue weighted by molar-refractivity contribution is -0.155. The number of hydrogen-bond acceptors (Lipinski definition) is 6. The third-order valence-electron chi connectivity index (χ3n) is 2.32. The SMILES string of the molecule is CCOC(OCC)C(NN)c1cccnc1N. The van der Waals surface area contributed by atoms with Crippen molar-refractivity contribution >= 4 is 5.82 Å². The predicted molar refractivity (Wildman–Crippen MR) is 65.8 cm³/mol. The lowest BCUT2D eigenvalue weighted by Gasteiger charge is -2.26. The maximum absolute atomic E-state index is 5.81. The van der Waals surface area contributed by atoms with Crippen LogP contribution in [0.25, 0.3) is 0 Å². The lowest BCUT2D eigenvalue weighted by Crippen LogP contribution is -2.40. The minimum Gasteiger partial charge on any atom is -0.383 e. The van der Waals surface area contributed by atoms with E-state index < -0.39 is 6.29 Å². The Labute approximate surface area is 101 Å². The smallest absolute Gasteiger partial charge is 0.178 e. The molecule has 96 valence electrons. The van der Waals surface area contributed by atoms with Gasteiger partial charge in [-0.2, -0.15) is 0 Å². The van der Waals surface area contributed by atoms with Crippen molar-refractivity contribution in [2.45, 2.75) is 26.2 Å². The summed E-state index contributed by atoms with van der Waals surface area (Å²) in [6, 6.07) is 3.30. The molecule has 0 aliphatic rings. The van der Waals surface area contributed by atoms with Gasteiger partial charge in [-0.25, -0.2) is 10.4 Å². The number of rotatable bonds is 7. The van der Waals surface area contributed by atoms with E-state index in [9.17, 15) is 0 Å². The summed E-state index contributed by atoms with van der Waals surface area (Å²) < 4.78 is 11.0. The van der Waals surface area contributed by atoms with Gasteiger partial charge in [0.2, 0.25) is 0 Å². The highest BCUT2D eigenvalue weighted by Crippen LogP contribution is 2.23. The number of anilines is 1. The normalized spacial score (nSPS) is 12.9. The van der Waals surface area contributed by atoms with E-state index in [4.69, 9.17) is 21.1 Å². The van der Waals surface area contributed by atoms with E-state index in [1.165, 1.54) is 0 Å². The molecule has 17 heavy (non-hydrogen) atoms. The summed E-state index contributed by atoms with van der Waals surface area (Å²) in [6.07, 6.45) is 1.14. The minimum atomic E-state index is -0.485. The van der Waals surface area contributed by atoms with E-state index in [1.807, 2.05) is 19.9 Å². The first-order valence-electron chi connectivity index (χ1n) is 5.64. The van der Waals surface area contributed by atoms with E-state index in [-0.39, 0.29) is 6.04 Å². The lowest BCUT2D eigenvalue weighted by atomic mass is 10.1. The fraction of sp³-hybridized carbons (Fsp3) is 0.545. The maximum Gasteiger partial charge on any atom is 0.178 e. The van der Waals surface area contributed by atoms with Crippen LogP contribution < -0.4 is 17.0 Å². The Morgan fingerprint density at radius 2 is 2.00 bits per heavy atom. The average Bonchev–Trinajstić information content (AvgIpc) is 2.33. The Morgan fingerprint density at radius 3 is 2.47 bits per heavy atom. The number of hydrazine groups is 1. The summed E-state index contributed by atoms with van der Waals surface area (Å²) in [6.45, 7) is 4.85. The van der Waals surface area contributed by atoms with Gasteiger partial charge in [-0.3, -0.25) is 5.84 Å². The first-order chi connectivity index (χ1) is 8.24. The molecule has 0 aromatic carbocycles. The Hall–Kier alpha value is -1.21. The third-order valence-corrected chi connectivity index (χ3v) is 2.32. The Kier molecular flexibility index (Phi) is 5.85. The largest absolute Gasteiger partial charge is 0.383 e. The van der Waals surface area contributed by atoms with Gasteiger partial charge in [-0.1, -0.05) is 6.07 Å². The first kappa shape index (κ1) is 13.9. The molecule has 0 saturated carbocycles. The minimum absolute atomic E-state index is 0.344. The molecule has 0 aliphatic carbocycles. The van der Waals surface area contributed by atoms with Gasteiger partial charge in [-0.05, 0) is 19.9 Å². The molecule has 6 heteroatoms. The van der Waals surface area contributed by atoms with Crippen molar-refractivity contribution in [2.24, 2.45) is 5.84 Å². The highest BCUT2D eigenvalue weighted by atomic mass is 16.7. The summed E-state index contributed by atoms with van der Waals surface area (Å²) in [5.74, 6) is 5.96. The number of aromatic nitrogens is 1. The molecule has 5 N–H and O–H groups in total. The number of pyridine rings is 1. The van der Waals surface area contributed by atoms with Gasteiger partial charge in [0, 0.05) is 25.0 Å². The quantitative estimate of drug-likeness (QED) is 0.366. The van der Waals surface area contributed by atoms with E-state index in [2.05, 4.69) is 10.4 Å². The van der Waals surface area contributed by atoms with E-state index in [0.717, 1.165) is 5.56 Å². The molecule has 0 aliphatic heterocycles. The number of nitrogens with zero attached hydrogens (tertiary/aromatic N) is 1. The van der Waals surface area contributed by atoms with E-state index in [0.29, 0.717) is 19.0 Å². The topological polar surface area (TPSA) is 95.4 Å². The van der Waals surface area contributed by atoms with Crippen molar-refractivity contribution in [3.05, 3.63) is 23.9 Å². The summed E-state index contributed by atoms with van der Waals surface area (Å²) >= 11 is 0. The number of nitrogens with one attached hydrogen (secondary N) is 1. The molecule has 0 bridgehead atoms. The molecule has 0 saturated heterocycles. The maximum atomic E-state index is 5.81. The molecule has 0 radical (unpaired) electrons. The highest BCUT2D eigenvalue weighted by molar-refractivity contribution is 5.41. The van der Waals surface area contributed by atoms with Crippen LogP contribution in [0.3, 0.4) is 0 Å².